The topological polar surface area (TPSA) is 54.0 Å². The van der Waals surface area contributed by atoms with Crippen molar-refractivity contribution in [1.82, 2.24) is 4.98 Å². The molecule has 0 saturated heterocycles. The zero-order chi connectivity index (χ0) is 14.2. The van der Waals surface area contributed by atoms with Crippen LogP contribution >= 0.6 is 11.6 Å². The number of hydrogen-bond acceptors (Lipinski definition) is 3. The van der Waals surface area contributed by atoms with E-state index in [1.165, 1.54) is 0 Å². The fraction of sp³-hybridized carbons (Fsp3) is 0.200. The van der Waals surface area contributed by atoms with Crippen LogP contribution in [0.3, 0.4) is 0 Å². The predicted octanol–water partition coefficient (Wildman–Crippen LogP) is 3.26. The number of carbonyl (C=O) groups excluding carboxylic acids is 1. The number of amides is 1. The van der Waals surface area contributed by atoms with E-state index in [0.29, 0.717) is 18.8 Å². The lowest BCUT2D eigenvalue weighted by atomic mass is 10.1. The van der Waals surface area contributed by atoms with Gasteiger partial charge >= 0.3 is 0 Å². The molecule has 1 aromatic carbocycles. The first kappa shape index (κ1) is 14.3. The Kier molecular flexibility index (Phi) is 5.38. The second kappa shape index (κ2) is 7.50. The number of pyridine rings is 1. The normalized spacial score (nSPS) is 10.1. The maximum absolute atomic E-state index is 11.6. The molecule has 1 aromatic heterocycles. The Morgan fingerprint density at radius 3 is 2.70 bits per heavy atom. The fourth-order valence-electron chi connectivity index (χ4n) is 1.75. The monoisotopic (exact) mass is 289 g/mol. The summed E-state index contributed by atoms with van der Waals surface area (Å²) in [7, 11) is 0. The Morgan fingerprint density at radius 1 is 1.15 bits per heavy atom. The Labute approximate surface area is 123 Å². The number of alkyl halides is 1. The lowest BCUT2D eigenvalue weighted by Gasteiger charge is -2.11. The van der Waals surface area contributed by atoms with Gasteiger partial charge in [-0.3, -0.25) is 4.79 Å². The smallest absolute Gasteiger partial charge is 0.225 e. The van der Waals surface area contributed by atoms with E-state index >= 15 is 0 Å². The van der Waals surface area contributed by atoms with Gasteiger partial charge in [0, 0.05) is 30.7 Å². The van der Waals surface area contributed by atoms with Gasteiger partial charge in [0.2, 0.25) is 5.91 Å². The third-order valence-electron chi connectivity index (χ3n) is 2.74. The van der Waals surface area contributed by atoms with Gasteiger partial charge in [0.25, 0.3) is 0 Å². The number of rotatable bonds is 6. The number of nitrogens with one attached hydrogen (secondary N) is 2. The first-order chi connectivity index (χ1) is 9.79. The van der Waals surface area contributed by atoms with E-state index in [0.717, 1.165) is 17.1 Å². The van der Waals surface area contributed by atoms with Gasteiger partial charge in [-0.15, -0.1) is 11.6 Å². The summed E-state index contributed by atoms with van der Waals surface area (Å²) in [5, 5.41) is 6.08. The molecule has 0 aliphatic rings. The first-order valence-corrected chi connectivity index (χ1v) is 6.91. The van der Waals surface area contributed by atoms with Crippen molar-refractivity contribution in [3.05, 3.63) is 54.2 Å². The van der Waals surface area contributed by atoms with Crippen LogP contribution in [-0.4, -0.2) is 16.8 Å². The van der Waals surface area contributed by atoms with E-state index in [9.17, 15) is 4.79 Å². The quantitative estimate of drug-likeness (QED) is 0.803. The molecule has 0 fully saturated rings. The number of hydrogen-bond donors (Lipinski definition) is 2. The van der Waals surface area contributed by atoms with Crippen LogP contribution in [-0.2, 0) is 11.3 Å². The zero-order valence-electron chi connectivity index (χ0n) is 11.0. The lowest BCUT2D eigenvalue weighted by molar-refractivity contribution is -0.115. The maximum Gasteiger partial charge on any atom is 0.225 e. The minimum absolute atomic E-state index is 0.0784. The Morgan fingerprint density at radius 2 is 1.95 bits per heavy atom. The number of halogens is 1. The molecule has 0 radical (unpaired) electrons. The predicted molar refractivity (Wildman–Crippen MR) is 82.0 cm³/mol. The molecule has 4 nitrogen and oxygen atoms in total. The molecule has 20 heavy (non-hydrogen) atoms. The van der Waals surface area contributed by atoms with Crippen LogP contribution in [0.1, 0.15) is 12.0 Å². The van der Waals surface area contributed by atoms with Crippen LogP contribution in [0.2, 0.25) is 0 Å². The standard InChI is InChI=1S/C15H16ClN3O/c16-9-8-15(20)19-13-6-2-1-5-12(13)11-18-14-7-3-4-10-17-14/h1-7,10H,8-9,11H2,(H,17,18)(H,19,20). The summed E-state index contributed by atoms with van der Waals surface area (Å²) < 4.78 is 0. The van der Waals surface area contributed by atoms with E-state index in [4.69, 9.17) is 11.6 Å². The van der Waals surface area contributed by atoms with E-state index < -0.39 is 0 Å². The molecular formula is C15H16ClN3O. The van der Waals surface area contributed by atoms with Gasteiger partial charge in [-0.05, 0) is 23.8 Å². The van der Waals surface area contributed by atoms with Gasteiger partial charge in [-0.1, -0.05) is 24.3 Å². The van der Waals surface area contributed by atoms with Crippen molar-refractivity contribution in [2.45, 2.75) is 13.0 Å². The van der Waals surface area contributed by atoms with Crippen molar-refractivity contribution in [3.8, 4) is 0 Å². The van der Waals surface area contributed by atoms with Crippen molar-refractivity contribution >= 4 is 29.0 Å². The summed E-state index contributed by atoms with van der Waals surface area (Å²) in [5.74, 6) is 1.04. The van der Waals surface area contributed by atoms with E-state index in [2.05, 4.69) is 15.6 Å². The molecule has 0 aliphatic carbocycles. The molecule has 2 rings (SSSR count). The van der Waals surface area contributed by atoms with Gasteiger partial charge in [0.1, 0.15) is 5.82 Å². The second-order valence-electron chi connectivity index (χ2n) is 4.21. The molecule has 0 atom stereocenters. The molecule has 0 spiro atoms. The number of carbonyl (C=O) groups is 1. The number of aromatic nitrogens is 1. The highest BCUT2D eigenvalue weighted by Crippen LogP contribution is 2.16. The molecule has 5 heteroatoms. The maximum atomic E-state index is 11.6. The Bertz CT molecular complexity index is 560. The van der Waals surface area contributed by atoms with Crippen LogP contribution in [0, 0.1) is 0 Å². The van der Waals surface area contributed by atoms with Gasteiger partial charge in [-0.2, -0.15) is 0 Å². The van der Waals surface area contributed by atoms with Crippen molar-refractivity contribution < 1.29 is 4.79 Å². The fourth-order valence-corrected chi connectivity index (χ4v) is 1.92. The number of para-hydroxylation sites is 1. The molecule has 0 saturated carbocycles. The van der Waals surface area contributed by atoms with Crippen LogP contribution in [0.25, 0.3) is 0 Å². The summed E-state index contributed by atoms with van der Waals surface area (Å²) in [4.78, 5) is 15.8. The average Bonchev–Trinajstić information content (AvgIpc) is 2.48. The molecule has 104 valence electrons. The van der Waals surface area contributed by atoms with E-state index in [1.807, 2.05) is 42.5 Å². The summed E-state index contributed by atoms with van der Waals surface area (Å²) in [6.07, 6.45) is 2.04. The molecule has 0 unspecified atom stereocenters. The van der Waals surface area contributed by atoms with E-state index in [1.54, 1.807) is 6.20 Å². The summed E-state index contributed by atoms with van der Waals surface area (Å²) in [5.41, 5.74) is 1.80. The van der Waals surface area contributed by atoms with Crippen LogP contribution in [0.5, 0.6) is 0 Å². The lowest BCUT2D eigenvalue weighted by Crippen LogP contribution is -2.14. The summed E-state index contributed by atoms with van der Waals surface area (Å²) in [6.45, 7) is 0.592. The van der Waals surface area contributed by atoms with Gasteiger partial charge in [-0.25, -0.2) is 4.98 Å². The van der Waals surface area contributed by atoms with Crippen molar-refractivity contribution in [2.24, 2.45) is 0 Å². The van der Waals surface area contributed by atoms with Crippen LogP contribution in [0.15, 0.2) is 48.7 Å². The third-order valence-corrected chi connectivity index (χ3v) is 2.93. The highest BCUT2D eigenvalue weighted by atomic mass is 35.5. The highest BCUT2D eigenvalue weighted by Gasteiger charge is 2.06. The average molecular weight is 290 g/mol. The first-order valence-electron chi connectivity index (χ1n) is 6.38. The van der Waals surface area contributed by atoms with Crippen molar-refractivity contribution in [2.75, 3.05) is 16.5 Å². The largest absolute Gasteiger partial charge is 0.366 e. The van der Waals surface area contributed by atoms with Gasteiger partial charge in [0.05, 0.1) is 0 Å². The SMILES string of the molecule is O=C(CCCl)Nc1ccccc1CNc1ccccn1. The molecule has 1 amide bonds. The zero-order valence-corrected chi connectivity index (χ0v) is 11.7. The molecule has 2 N–H and O–H groups in total. The van der Waals surface area contributed by atoms with Crippen LogP contribution < -0.4 is 10.6 Å². The van der Waals surface area contributed by atoms with Gasteiger partial charge < -0.3 is 10.6 Å². The third kappa shape index (κ3) is 4.24. The number of anilines is 2. The van der Waals surface area contributed by atoms with Crippen molar-refractivity contribution in [1.29, 1.82) is 0 Å². The second-order valence-corrected chi connectivity index (χ2v) is 4.59. The Balaban J connectivity index is 2.02. The molecular weight excluding hydrogens is 274 g/mol. The highest BCUT2D eigenvalue weighted by molar-refractivity contribution is 6.19. The molecule has 1 heterocycles. The van der Waals surface area contributed by atoms with Crippen molar-refractivity contribution in [3.63, 3.8) is 0 Å². The minimum Gasteiger partial charge on any atom is -0.366 e. The van der Waals surface area contributed by atoms with E-state index in [-0.39, 0.29) is 5.91 Å². The number of nitrogens with zero attached hydrogens (tertiary/aromatic N) is 1. The molecule has 0 bridgehead atoms. The molecule has 2 aromatic rings. The minimum atomic E-state index is -0.0784. The summed E-state index contributed by atoms with van der Waals surface area (Å²) in [6, 6.07) is 13.4. The molecule has 0 aliphatic heterocycles. The number of benzene rings is 1. The van der Waals surface area contributed by atoms with Crippen LogP contribution in [0.4, 0.5) is 11.5 Å². The Hall–Kier alpha value is -2.07. The summed E-state index contributed by atoms with van der Waals surface area (Å²) >= 11 is 5.56. The van der Waals surface area contributed by atoms with Gasteiger partial charge in [0.15, 0.2) is 0 Å².